The molecule has 1 aliphatic rings. The monoisotopic (exact) mass is 369 g/mol. The molecule has 2 aromatic carbocycles. The third-order valence-electron chi connectivity index (χ3n) is 4.92. The molecule has 1 fully saturated rings. The fraction of sp³-hybridized carbons (Fsp3) is 0.381. The van der Waals surface area contributed by atoms with Crippen LogP contribution in [-0.4, -0.2) is 33.2 Å². The Labute approximate surface area is 160 Å². The number of methoxy groups -OCH3 is 2. The molecular weight excluding hydrogens is 342 g/mol. The van der Waals surface area contributed by atoms with E-state index in [-0.39, 0.29) is 17.9 Å². The van der Waals surface area contributed by atoms with Crippen molar-refractivity contribution in [3.8, 4) is 11.5 Å². The van der Waals surface area contributed by atoms with Crippen LogP contribution in [-0.2, 0) is 11.2 Å². The van der Waals surface area contributed by atoms with Gasteiger partial charge >= 0.3 is 0 Å². The summed E-state index contributed by atoms with van der Waals surface area (Å²) < 4.78 is 10.6. The zero-order chi connectivity index (χ0) is 19.2. The molecule has 0 aliphatic carbocycles. The first-order chi connectivity index (χ1) is 13.1. The molecule has 3 N–H and O–H groups in total. The van der Waals surface area contributed by atoms with Crippen LogP contribution in [0.3, 0.4) is 0 Å². The highest BCUT2D eigenvalue weighted by Gasteiger charge is 2.33. The molecule has 0 saturated carbocycles. The average Bonchev–Trinajstić information content (AvgIpc) is 3.18. The lowest BCUT2D eigenvalue weighted by molar-refractivity contribution is -0.124. The van der Waals surface area contributed by atoms with E-state index in [1.165, 1.54) is 5.56 Å². The minimum absolute atomic E-state index is 0.0216. The Morgan fingerprint density at radius 1 is 1.11 bits per heavy atom. The number of carbonyl (C=O) groups excluding carboxylic acids is 1. The number of rotatable bonds is 7. The molecule has 0 bridgehead atoms. The van der Waals surface area contributed by atoms with Crippen LogP contribution in [0.5, 0.6) is 11.5 Å². The number of hydrazine groups is 1. The lowest BCUT2D eigenvalue weighted by atomic mass is 9.93. The highest BCUT2D eigenvalue weighted by molar-refractivity contribution is 5.80. The molecular formula is C21H27N3O3. The van der Waals surface area contributed by atoms with E-state index in [2.05, 4.69) is 47.4 Å². The van der Waals surface area contributed by atoms with Gasteiger partial charge in [0.15, 0.2) is 11.5 Å². The highest BCUT2D eigenvalue weighted by Crippen LogP contribution is 2.28. The summed E-state index contributed by atoms with van der Waals surface area (Å²) in [6.45, 7) is 3.24. The Kier molecular flexibility index (Phi) is 6.32. The Morgan fingerprint density at radius 2 is 1.85 bits per heavy atom. The number of nitrogens with one attached hydrogen (secondary N) is 3. The third-order valence-corrected chi connectivity index (χ3v) is 4.92. The highest BCUT2D eigenvalue weighted by atomic mass is 16.5. The first kappa shape index (κ1) is 19.2. The quantitative estimate of drug-likeness (QED) is 0.697. The lowest BCUT2D eigenvalue weighted by Gasteiger charge is -2.19. The number of hydrogen-bond acceptors (Lipinski definition) is 5. The van der Waals surface area contributed by atoms with Crippen LogP contribution < -0.4 is 25.6 Å². The van der Waals surface area contributed by atoms with E-state index in [0.29, 0.717) is 24.6 Å². The van der Waals surface area contributed by atoms with E-state index < -0.39 is 0 Å². The molecule has 1 saturated heterocycles. The van der Waals surface area contributed by atoms with E-state index in [0.717, 1.165) is 17.5 Å². The van der Waals surface area contributed by atoms with Gasteiger partial charge in [-0.3, -0.25) is 10.2 Å². The topological polar surface area (TPSA) is 71.6 Å². The van der Waals surface area contributed by atoms with Crippen molar-refractivity contribution < 1.29 is 14.3 Å². The number of carbonyl (C=O) groups is 1. The summed E-state index contributed by atoms with van der Waals surface area (Å²) in [5.41, 5.74) is 9.74. The molecule has 1 heterocycles. The van der Waals surface area contributed by atoms with Crippen LogP contribution in [0.25, 0.3) is 0 Å². The Hall–Kier alpha value is -2.57. The van der Waals surface area contributed by atoms with Crippen molar-refractivity contribution in [3.05, 3.63) is 59.2 Å². The molecule has 6 heteroatoms. The van der Waals surface area contributed by atoms with Crippen molar-refractivity contribution in [2.45, 2.75) is 19.4 Å². The Balaban J connectivity index is 1.56. The molecule has 2 aromatic rings. The van der Waals surface area contributed by atoms with Gasteiger partial charge in [-0.25, -0.2) is 5.43 Å². The summed E-state index contributed by atoms with van der Waals surface area (Å²) in [6, 6.07) is 14.1. The van der Waals surface area contributed by atoms with Gasteiger partial charge in [0.25, 0.3) is 0 Å². The second-order valence-electron chi connectivity index (χ2n) is 6.75. The van der Waals surface area contributed by atoms with Gasteiger partial charge in [0.05, 0.1) is 26.2 Å². The molecule has 1 aliphatic heterocycles. The minimum Gasteiger partial charge on any atom is -0.493 e. The van der Waals surface area contributed by atoms with Gasteiger partial charge < -0.3 is 14.8 Å². The fourth-order valence-corrected chi connectivity index (χ4v) is 3.33. The summed E-state index contributed by atoms with van der Waals surface area (Å²) in [4.78, 5) is 12.7. The normalized spacial score (nSPS) is 18.9. The molecule has 144 valence electrons. The van der Waals surface area contributed by atoms with Gasteiger partial charge in [0.1, 0.15) is 0 Å². The lowest BCUT2D eigenvalue weighted by Crippen LogP contribution is -2.36. The summed E-state index contributed by atoms with van der Waals surface area (Å²) in [5.74, 6) is 1.32. The smallest absolute Gasteiger partial charge is 0.226 e. The number of ether oxygens (including phenoxy) is 2. The first-order valence-corrected chi connectivity index (χ1v) is 9.16. The van der Waals surface area contributed by atoms with Crippen molar-refractivity contribution in [3.63, 3.8) is 0 Å². The van der Waals surface area contributed by atoms with Crippen LogP contribution in [0.1, 0.15) is 22.7 Å². The number of amides is 1. The maximum absolute atomic E-state index is 12.7. The molecule has 0 radical (unpaired) electrons. The SMILES string of the molecule is COc1ccc(CCNC(=O)C2CNNC2c2ccc(C)cc2)cc1OC. The number of aryl methyl sites for hydroxylation is 1. The van der Waals surface area contributed by atoms with Gasteiger partial charge in [-0.15, -0.1) is 0 Å². The standard InChI is InChI=1S/C21H27N3O3/c1-14-4-7-16(8-5-14)20-17(13-23-24-20)21(25)22-11-10-15-6-9-18(26-2)19(12-15)27-3/h4-9,12,17,20,23-24H,10-11,13H2,1-3H3,(H,22,25). The first-order valence-electron chi connectivity index (χ1n) is 9.16. The predicted molar refractivity (Wildman–Crippen MR) is 105 cm³/mol. The summed E-state index contributed by atoms with van der Waals surface area (Å²) >= 11 is 0. The number of hydrogen-bond donors (Lipinski definition) is 3. The van der Waals surface area contributed by atoms with E-state index >= 15 is 0 Å². The fourth-order valence-electron chi connectivity index (χ4n) is 3.33. The van der Waals surface area contributed by atoms with E-state index in [9.17, 15) is 4.79 Å². The number of benzene rings is 2. The van der Waals surface area contributed by atoms with Crippen LogP contribution in [0.4, 0.5) is 0 Å². The molecule has 27 heavy (non-hydrogen) atoms. The largest absolute Gasteiger partial charge is 0.493 e. The van der Waals surface area contributed by atoms with Crippen LogP contribution >= 0.6 is 0 Å². The van der Waals surface area contributed by atoms with Gasteiger partial charge in [-0.05, 0) is 36.6 Å². The molecule has 6 nitrogen and oxygen atoms in total. The molecule has 2 unspecified atom stereocenters. The van der Waals surface area contributed by atoms with Gasteiger partial charge in [-0.1, -0.05) is 35.9 Å². The average molecular weight is 369 g/mol. The maximum atomic E-state index is 12.7. The van der Waals surface area contributed by atoms with Crippen molar-refractivity contribution in [1.29, 1.82) is 0 Å². The van der Waals surface area contributed by atoms with Crippen LogP contribution in [0.15, 0.2) is 42.5 Å². The summed E-state index contributed by atoms with van der Waals surface area (Å²) in [7, 11) is 3.24. The van der Waals surface area contributed by atoms with Gasteiger partial charge in [-0.2, -0.15) is 0 Å². The second-order valence-corrected chi connectivity index (χ2v) is 6.75. The minimum atomic E-state index is -0.141. The predicted octanol–water partition coefficient (Wildman–Crippen LogP) is 2.14. The zero-order valence-electron chi connectivity index (χ0n) is 16.0. The molecule has 1 amide bonds. The Bertz CT molecular complexity index is 777. The van der Waals surface area contributed by atoms with Gasteiger partial charge in [0.2, 0.25) is 5.91 Å². The van der Waals surface area contributed by atoms with Crippen molar-refractivity contribution in [2.24, 2.45) is 5.92 Å². The maximum Gasteiger partial charge on any atom is 0.226 e. The molecule has 0 aromatic heterocycles. The molecule has 0 spiro atoms. The Morgan fingerprint density at radius 3 is 2.56 bits per heavy atom. The van der Waals surface area contributed by atoms with E-state index in [1.54, 1.807) is 14.2 Å². The summed E-state index contributed by atoms with van der Waals surface area (Å²) in [6.07, 6.45) is 0.731. The molecule has 2 atom stereocenters. The van der Waals surface area contributed by atoms with Crippen molar-refractivity contribution >= 4 is 5.91 Å². The zero-order valence-corrected chi connectivity index (χ0v) is 16.0. The van der Waals surface area contributed by atoms with Crippen molar-refractivity contribution in [1.82, 2.24) is 16.2 Å². The van der Waals surface area contributed by atoms with Crippen LogP contribution in [0, 0.1) is 12.8 Å². The second kappa shape index (κ2) is 8.88. The third kappa shape index (κ3) is 4.59. The van der Waals surface area contributed by atoms with Gasteiger partial charge in [0, 0.05) is 13.1 Å². The van der Waals surface area contributed by atoms with Crippen LogP contribution in [0.2, 0.25) is 0 Å². The van der Waals surface area contributed by atoms with Crippen molar-refractivity contribution in [2.75, 3.05) is 27.3 Å². The van der Waals surface area contributed by atoms with E-state index in [4.69, 9.17) is 9.47 Å². The summed E-state index contributed by atoms with van der Waals surface area (Å²) in [5, 5.41) is 3.06. The molecule has 3 rings (SSSR count). The van der Waals surface area contributed by atoms with E-state index in [1.807, 2.05) is 18.2 Å².